The Morgan fingerprint density at radius 3 is 2.21 bits per heavy atom. The van der Waals surface area contributed by atoms with Crippen molar-refractivity contribution in [2.24, 2.45) is 11.8 Å². The van der Waals surface area contributed by atoms with Crippen LogP contribution in [0.1, 0.15) is 70.8 Å². The average Bonchev–Trinajstić information content (AvgIpc) is 3.27. The van der Waals surface area contributed by atoms with Crippen LogP contribution in [-0.2, 0) is 9.84 Å². The monoisotopic (exact) mass is 587 g/mol. The summed E-state index contributed by atoms with van der Waals surface area (Å²) < 4.78 is 39.0. The Labute approximate surface area is 247 Å². The van der Waals surface area contributed by atoms with Gasteiger partial charge in [-0.05, 0) is 65.9 Å². The zero-order valence-corrected chi connectivity index (χ0v) is 25.7. The summed E-state index contributed by atoms with van der Waals surface area (Å²) in [5.41, 5.74) is 1.99. The fourth-order valence-electron chi connectivity index (χ4n) is 6.22. The second kappa shape index (κ2) is 11.3. The first-order chi connectivity index (χ1) is 20.1. The van der Waals surface area contributed by atoms with Crippen molar-refractivity contribution in [3.63, 3.8) is 0 Å². The van der Waals surface area contributed by atoms with Gasteiger partial charge < -0.3 is 9.16 Å². The van der Waals surface area contributed by atoms with Crippen LogP contribution in [0.5, 0.6) is 5.75 Å². The number of halogens is 2. The van der Waals surface area contributed by atoms with Crippen LogP contribution >= 0.6 is 0 Å². The van der Waals surface area contributed by atoms with Crippen LogP contribution in [0.4, 0.5) is 8.78 Å². The third-order valence-corrected chi connectivity index (χ3v) is 10.7. The molecule has 2 aliphatic rings. The minimum atomic E-state index is -2.91. The first-order valence-corrected chi connectivity index (χ1v) is 16.1. The Balaban J connectivity index is 1.19. The zero-order valence-electron chi connectivity index (χ0n) is 24.7. The van der Waals surface area contributed by atoms with Gasteiger partial charge in [-0.2, -0.15) is 13.9 Å². The van der Waals surface area contributed by atoms with Gasteiger partial charge in [0.05, 0.1) is 6.20 Å². The number of hydrogen-bond acceptors (Lipinski definition) is 5. The maximum atomic E-state index is 12.7. The molecule has 2 unspecified atom stereocenters. The maximum Gasteiger partial charge on any atom is 0.387 e. The summed E-state index contributed by atoms with van der Waals surface area (Å²) in [4.78, 5) is 8.97. The molecule has 0 bridgehead atoms. The molecular formula is C33H37F2N4O2Si. The van der Waals surface area contributed by atoms with E-state index in [1.807, 2.05) is 4.68 Å². The Morgan fingerprint density at radius 2 is 1.60 bits per heavy atom. The topological polar surface area (TPSA) is 62.1 Å². The molecule has 2 heterocycles. The zero-order chi connectivity index (χ0) is 29.6. The number of hydrogen-bond donors (Lipinski definition) is 0. The lowest BCUT2D eigenvalue weighted by molar-refractivity contribution is -0.0500. The Morgan fingerprint density at radius 1 is 0.929 bits per heavy atom. The molecule has 219 valence electrons. The lowest BCUT2D eigenvalue weighted by atomic mass is 9.87. The third kappa shape index (κ3) is 5.90. The lowest BCUT2D eigenvalue weighted by Crippen LogP contribution is -2.47. The summed E-state index contributed by atoms with van der Waals surface area (Å²) in [5, 5.41) is 7.29. The quantitative estimate of drug-likeness (QED) is 0.220. The molecule has 2 aliphatic carbocycles. The Hall–Kier alpha value is -3.43. The minimum absolute atomic E-state index is 0.00250. The van der Waals surface area contributed by atoms with Gasteiger partial charge in [0.1, 0.15) is 11.6 Å². The van der Waals surface area contributed by atoms with Crippen molar-refractivity contribution in [3.05, 3.63) is 84.4 Å². The van der Waals surface area contributed by atoms with Gasteiger partial charge in [-0.1, -0.05) is 75.4 Å². The molecule has 0 spiro atoms. The molecule has 0 aliphatic heterocycles. The van der Waals surface area contributed by atoms with Gasteiger partial charge in [-0.3, -0.25) is 4.98 Å². The van der Waals surface area contributed by atoms with E-state index >= 15 is 0 Å². The molecule has 0 saturated heterocycles. The molecule has 6 rings (SSSR count). The van der Waals surface area contributed by atoms with Crippen molar-refractivity contribution in [2.45, 2.75) is 77.6 Å². The highest BCUT2D eigenvalue weighted by molar-refractivity contribution is 6.80. The molecule has 9 heteroatoms. The standard InChI is InChI=1S/C33H37F2N4O2Si/c1-20(2)39-31(37-30(38-39)21-15-24(19-36-18-21)40-32(34)35)29-27-16-23(17-28(27)29)41-42(25-9-7-6-8-10-25)26-13-11-22(12-14-26)33(3,4)5/h6-15,18-20,23,27-29,32H,16-17H2,1-5H3. The van der Waals surface area contributed by atoms with Crippen LogP contribution in [0.15, 0.2) is 73.1 Å². The highest BCUT2D eigenvalue weighted by Gasteiger charge is 2.59. The molecule has 4 aromatic rings. The van der Waals surface area contributed by atoms with Gasteiger partial charge >= 0.3 is 6.61 Å². The summed E-state index contributed by atoms with van der Waals surface area (Å²) >= 11 is 0. The van der Waals surface area contributed by atoms with Crippen LogP contribution in [-0.4, -0.2) is 41.5 Å². The number of ether oxygens (including phenoxy) is 1. The van der Waals surface area contributed by atoms with Crippen LogP contribution in [0.3, 0.4) is 0 Å². The molecule has 0 amide bonds. The normalized spacial score (nSPS) is 21.8. The minimum Gasteiger partial charge on any atom is -0.433 e. The van der Waals surface area contributed by atoms with E-state index in [0.29, 0.717) is 29.1 Å². The molecule has 2 fully saturated rings. The fourth-order valence-corrected chi connectivity index (χ4v) is 8.32. The van der Waals surface area contributed by atoms with E-state index in [2.05, 4.69) is 98.9 Å². The van der Waals surface area contributed by atoms with Crippen LogP contribution in [0, 0.1) is 11.8 Å². The Kier molecular flexibility index (Phi) is 7.74. The molecule has 42 heavy (non-hydrogen) atoms. The van der Waals surface area contributed by atoms with E-state index in [9.17, 15) is 8.78 Å². The van der Waals surface area contributed by atoms with Crippen molar-refractivity contribution in [3.8, 4) is 17.1 Å². The number of alkyl halides is 2. The lowest BCUT2D eigenvalue weighted by Gasteiger charge is -2.24. The van der Waals surface area contributed by atoms with Crippen molar-refractivity contribution < 1.29 is 17.9 Å². The molecule has 2 aromatic carbocycles. The summed E-state index contributed by atoms with van der Waals surface area (Å²) in [5.74, 6) is 2.76. The molecule has 0 N–H and O–H groups in total. The molecule has 1 radical (unpaired) electrons. The first kappa shape index (κ1) is 28.7. The van der Waals surface area contributed by atoms with E-state index in [0.717, 1.165) is 18.7 Å². The first-order valence-electron chi connectivity index (χ1n) is 14.6. The summed E-state index contributed by atoms with van der Waals surface area (Å²) in [6.07, 6.45) is 5.05. The number of fused-ring (bicyclic) bond motifs is 1. The smallest absolute Gasteiger partial charge is 0.387 e. The van der Waals surface area contributed by atoms with Gasteiger partial charge in [0.15, 0.2) is 5.82 Å². The van der Waals surface area contributed by atoms with Crippen LogP contribution in [0.2, 0.25) is 0 Å². The highest BCUT2D eigenvalue weighted by Crippen LogP contribution is 2.63. The Bertz CT molecular complexity index is 1510. The van der Waals surface area contributed by atoms with Crippen molar-refractivity contribution in [1.82, 2.24) is 19.7 Å². The number of aromatic nitrogens is 4. The molecule has 2 atom stereocenters. The number of nitrogens with zero attached hydrogens (tertiary/aromatic N) is 4. The molecule has 2 aromatic heterocycles. The van der Waals surface area contributed by atoms with E-state index < -0.39 is 15.7 Å². The second-order valence-corrected chi connectivity index (χ2v) is 14.8. The number of pyridine rings is 1. The van der Waals surface area contributed by atoms with E-state index in [4.69, 9.17) is 14.5 Å². The van der Waals surface area contributed by atoms with Crippen molar-refractivity contribution in [2.75, 3.05) is 0 Å². The molecular weight excluding hydrogens is 550 g/mol. The van der Waals surface area contributed by atoms with Gasteiger partial charge in [-0.15, -0.1) is 0 Å². The highest BCUT2D eigenvalue weighted by atomic mass is 28.3. The SMILES string of the molecule is CC(C)n1nc(-c2cncc(OC(F)F)c2)nc1C1C2CC(O[Si](c3ccccc3)c3ccc(C(C)(C)C)cc3)CC21. The second-order valence-electron chi connectivity index (χ2n) is 12.7. The number of rotatable bonds is 9. The predicted octanol–water partition coefficient (Wildman–Crippen LogP) is 6.13. The maximum absolute atomic E-state index is 12.7. The molecule has 6 nitrogen and oxygen atoms in total. The largest absolute Gasteiger partial charge is 0.433 e. The van der Waals surface area contributed by atoms with E-state index in [1.165, 1.54) is 28.2 Å². The van der Waals surface area contributed by atoms with E-state index in [-0.39, 0.29) is 23.3 Å². The van der Waals surface area contributed by atoms with Gasteiger partial charge in [0.2, 0.25) is 0 Å². The predicted molar refractivity (Wildman–Crippen MR) is 161 cm³/mol. The third-order valence-electron chi connectivity index (χ3n) is 8.38. The fraction of sp³-hybridized carbons (Fsp3) is 0.424. The number of benzene rings is 2. The van der Waals surface area contributed by atoms with Gasteiger partial charge in [0.25, 0.3) is 9.04 Å². The van der Waals surface area contributed by atoms with Crippen LogP contribution < -0.4 is 15.1 Å². The van der Waals surface area contributed by atoms with Crippen LogP contribution in [0.25, 0.3) is 11.4 Å². The summed E-state index contributed by atoms with van der Waals surface area (Å²) in [6.45, 7) is 7.97. The van der Waals surface area contributed by atoms with Gasteiger partial charge in [0, 0.05) is 29.8 Å². The molecule has 2 saturated carbocycles. The van der Waals surface area contributed by atoms with Crippen molar-refractivity contribution in [1.29, 1.82) is 0 Å². The summed E-state index contributed by atoms with van der Waals surface area (Å²) in [6, 6.07) is 21.2. The summed E-state index contributed by atoms with van der Waals surface area (Å²) in [7, 11) is -1.40. The van der Waals surface area contributed by atoms with Crippen molar-refractivity contribution >= 4 is 19.4 Å². The van der Waals surface area contributed by atoms with Gasteiger partial charge in [-0.25, -0.2) is 9.67 Å². The van der Waals surface area contributed by atoms with E-state index in [1.54, 1.807) is 6.20 Å². The average molecular weight is 588 g/mol.